The first-order valence-corrected chi connectivity index (χ1v) is 5.39. The van der Waals surface area contributed by atoms with Gasteiger partial charge in [-0.1, -0.05) is 11.6 Å². The van der Waals surface area contributed by atoms with Gasteiger partial charge in [0.15, 0.2) is 0 Å². The summed E-state index contributed by atoms with van der Waals surface area (Å²) in [7, 11) is 0. The van der Waals surface area contributed by atoms with Crippen LogP contribution >= 0.6 is 11.6 Å². The molecule has 2 nitrogen and oxygen atoms in total. The van der Waals surface area contributed by atoms with Crippen molar-refractivity contribution in [2.75, 3.05) is 11.9 Å². The van der Waals surface area contributed by atoms with E-state index >= 15 is 0 Å². The molecule has 0 aliphatic carbocycles. The molecule has 0 saturated heterocycles. The molecule has 1 N–H and O–H groups in total. The summed E-state index contributed by atoms with van der Waals surface area (Å²) in [5.41, 5.74) is 2.02. The highest BCUT2D eigenvalue weighted by Gasteiger charge is 2.01. The Labute approximate surface area is 94.3 Å². The standard InChI is InChI=1S/C12H13ClN2/c1-3-14-12-5-4-9-6-8(2)10(13)7-11(9)15-12/h4-7H,3H2,1-2H3,(H,14,15). The van der Waals surface area contributed by atoms with Crippen LogP contribution in [0.4, 0.5) is 5.82 Å². The molecule has 0 saturated carbocycles. The van der Waals surface area contributed by atoms with Crippen molar-refractivity contribution in [2.45, 2.75) is 13.8 Å². The van der Waals surface area contributed by atoms with E-state index in [2.05, 4.69) is 22.4 Å². The van der Waals surface area contributed by atoms with Crippen molar-refractivity contribution >= 4 is 28.3 Å². The van der Waals surface area contributed by atoms with Gasteiger partial charge in [-0.25, -0.2) is 4.98 Å². The molecule has 78 valence electrons. The summed E-state index contributed by atoms with van der Waals surface area (Å²) in [5.74, 6) is 0.893. The molecule has 2 rings (SSSR count). The second kappa shape index (κ2) is 4.07. The van der Waals surface area contributed by atoms with E-state index in [0.717, 1.165) is 33.9 Å². The van der Waals surface area contributed by atoms with E-state index in [1.54, 1.807) is 0 Å². The van der Waals surface area contributed by atoms with Crippen LogP contribution in [-0.2, 0) is 0 Å². The number of anilines is 1. The Kier molecular flexibility index (Phi) is 2.78. The lowest BCUT2D eigenvalue weighted by Crippen LogP contribution is -1.98. The molecular formula is C12H13ClN2. The Balaban J connectivity index is 2.56. The van der Waals surface area contributed by atoms with Crippen LogP contribution in [0.2, 0.25) is 5.02 Å². The molecule has 0 amide bonds. The van der Waals surface area contributed by atoms with Crippen LogP contribution in [0.1, 0.15) is 12.5 Å². The van der Waals surface area contributed by atoms with Crippen LogP contribution in [0.25, 0.3) is 10.9 Å². The number of nitrogens with one attached hydrogen (secondary N) is 1. The predicted molar refractivity (Wildman–Crippen MR) is 65.7 cm³/mol. The molecule has 0 radical (unpaired) electrons. The summed E-state index contributed by atoms with van der Waals surface area (Å²) in [6.07, 6.45) is 0. The quantitative estimate of drug-likeness (QED) is 0.836. The zero-order chi connectivity index (χ0) is 10.8. The van der Waals surface area contributed by atoms with Gasteiger partial charge in [-0.2, -0.15) is 0 Å². The normalized spacial score (nSPS) is 10.6. The summed E-state index contributed by atoms with van der Waals surface area (Å²) in [4.78, 5) is 4.47. The SMILES string of the molecule is CCNc1ccc2cc(C)c(Cl)cc2n1. The Morgan fingerprint density at radius 2 is 2.13 bits per heavy atom. The van der Waals surface area contributed by atoms with Gasteiger partial charge in [0.05, 0.1) is 5.52 Å². The van der Waals surface area contributed by atoms with E-state index < -0.39 is 0 Å². The van der Waals surface area contributed by atoms with E-state index in [4.69, 9.17) is 11.6 Å². The minimum atomic E-state index is 0.767. The first-order valence-electron chi connectivity index (χ1n) is 5.01. The predicted octanol–water partition coefficient (Wildman–Crippen LogP) is 3.63. The molecule has 2 aromatic rings. The van der Waals surface area contributed by atoms with Crippen molar-refractivity contribution in [3.8, 4) is 0 Å². The van der Waals surface area contributed by atoms with Crippen LogP contribution in [0, 0.1) is 6.92 Å². The number of halogens is 1. The van der Waals surface area contributed by atoms with E-state index in [9.17, 15) is 0 Å². The lowest BCUT2D eigenvalue weighted by Gasteiger charge is -2.05. The van der Waals surface area contributed by atoms with Crippen LogP contribution < -0.4 is 5.32 Å². The molecule has 0 spiro atoms. The highest BCUT2D eigenvalue weighted by Crippen LogP contribution is 2.23. The molecular weight excluding hydrogens is 208 g/mol. The Morgan fingerprint density at radius 3 is 2.87 bits per heavy atom. The maximum atomic E-state index is 6.06. The molecule has 1 heterocycles. The van der Waals surface area contributed by atoms with E-state index in [0.29, 0.717) is 0 Å². The summed E-state index contributed by atoms with van der Waals surface area (Å²) in [6.45, 7) is 4.92. The average Bonchev–Trinajstić information content (AvgIpc) is 2.21. The smallest absolute Gasteiger partial charge is 0.126 e. The van der Waals surface area contributed by atoms with Crippen molar-refractivity contribution in [3.63, 3.8) is 0 Å². The number of hydrogen-bond donors (Lipinski definition) is 1. The molecule has 0 unspecified atom stereocenters. The van der Waals surface area contributed by atoms with Crippen LogP contribution in [-0.4, -0.2) is 11.5 Å². The maximum absolute atomic E-state index is 6.06. The van der Waals surface area contributed by atoms with Gasteiger partial charge in [0, 0.05) is 17.0 Å². The number of fused-ring (bicyclic) bond motifs is 1. The van der Waals surface area contributed by atoms with Gasteiger partial charge in [-0.05, 0) is 43.7 Å². The highest BCUT2D eigenvalue weighted by molar-refractivity contribution is 6.32. The summed E-state index contributed by atoms with van der Waals surface area (Å²) < 4.78 is 0. The van der Waals surface area contributed by atoms with Gasteiger partial charge in [-0.15, -0.1) is 0 Å². The lowest BCUT2D eigenvalue weighted by molar-refractivity contribution is 1.17. The van der Waals surface area contributed by atoms with Gasteiger partial charge in [-0.3, -0.25) is 0 Å². The number of hydrogen-bond acceptors (Lipinski definition) is 2. The Morgan fingerprint density at radius 1 is 1.33 bits per heavy atom. The molecule has 0 aliphatic heterocycles. The molecule has 3 heteroatoms. The van der Waals surface area contributed by atoms with Crippen LogP contribution in [0.3, 0.4) is 0 Å². The third-order valence-electron chi connectivity index (χ3n) is 2.33. The Bertz CT molecular complexity index is 494. The third kappa shape index (κ3) is 2.05. The number of pyridine rings is 1. The zero-order valence-electron chi connectivity index (χ0n) is 8.84. The monoisotopic (exact) mass is 220 g/mol. The van der Waals surface area contributed by atoms with Gasteiger partial charge in [0.2, 0.25) is 0 Å². The molecule has 0 fully saturated rings. The summed E-state index contributed by atoms with van der Waals surface area (Å²) in [6, 6.07) is 8.01. The van der Waals surface area contributed by atoms with Crippen molar-refractivity contribution in [2.24, 2.45) is 0 Å². The Hall–Kier alpha value is -1.28. The highest BCUT2D eigenvalue weighted by atomic mass is 35.5. The van der Waals surface area contributed by atoms with Crippen LogP contribution in [0.15, 0.2) is 24.3 Å². The van der Waals surface area contributed by atoms with Crippen LogP contribution in [0.5, 0.6) is 0 Å². The number of benzene rings is 1. The number of aryl methyl sites for hydroxylation is 1. The van der Waals surface area contributed by atoms with Crippen molar-refractivity contribution in [3.05, 3.63) is 34.9 Å². The van der Waals surface area contributed by atoms with Crippen molar-refractivity contribution in [1.29, 1.82) is 0 Å². The lowest BCUT2D eigenvalue weighted by atomic mass is 10.1. The summed E-state index contributed by atoms with van der Waals surface area (Å²) in [5, 5.41) is 5.07. The average molecular weight is 221 g/mol. The fourth-order valence-electron chi connectivity index (χ4n) is 1.54. The first kappa shape index (κ1) is 10.2. The first-order chi connectivity index (χ1) is 7.20. The second-order valence-electron chi connectivity index (χ2n) is 3.52. The van der Waals surface area contributed by atoms with Gasteiger partial charge >= 0.3 is 0 Å². The molecule has 15 heavy (non-hydrogen) atoms. The number of rotatable bonds is 2. The minimum absolute atomic E-state index is 0.767. The molecule has 1 aromatic heterocycles. The van der Waals surface area contributed by atoms with Gasteiger partial charge in [0.25, 0.3) is 0 Å². The topological polar surface area (TPSA) is 24.9 Å². The number of aromatic nitrogens is 1. The van der Waals surface area contributed by atoms with E-state index in [-0.39, 0.29) is 0 Å². The molecule has 0 aliphatic rings. The fourth-order valence-corrected chi connectivity index (χ4v) is 1.70. The largest absolute Gasteiger partial charge is 0.370 e. The minimum Gasteiger partial charge on any atom is -0.370 e. The van der Waals surface area contributed by atoms with Gasteiger partial charge < -0.3 is 5.32 Å². The van der Waals surface area contributed by atoms with E-state index in [1.165, 1.54) is 0 Å². The van der Waals surface area contributed by atoms with Crippen molar-refractivity contribution < 1.29 is 0 Å². The maximum Gasteiger partial charge on any atom is 0.126 e. The fraction of sp³-hybridized carbons (Fsp3) is 0.250. The molecule has 1 aromatic carbocycles. The van der Waals surface area contributed by atoms with E-state index in [1.807, 2.05) is 26.0 Å². The summed E-state index contributed by atoms with van der Waals surface area (Å²) >= 11 is 6.06. The molecule has 0 bridgehead atoms. The second-order valence-corrected chi connectivity index (χ2v) is 3.93. The molecule has 0 atom stereocenters. The number of nitrogens with zero attached hydrogens (tertiary/aromatic N) is 1. The van der Waals surface area contributed by atoms with Gasteiger partial charge in [0.1, 0.15) is 5.82 Å². The van der Waals surface area contributed by atoms with Crippen molar-refractivity contribution in [1.82, 2.24) is 4.98 Å². The third-order valence-corrected chi connectivity index (χ3v) is 2.73. The zero-order valence-corrected chi connectivity index (χ0v) is 9.60.